The first-order valence-corrected chi connectivity index (χ1v) is 14.2. The highest BCUT2D eigenvalue weighted by Crippen LogP contribution is 2.42. The lowest BCUT2D eigenvalue weighted by molar-refractivity contribution is 0.0699. The van der Waals surface area contributed by atoms with Crippen LogP contribution < -0.4 is 10.2 Å². The van der Waals surface area contributed by atoms with Crippen molar-refractivity contribution in [3.05, 3.63) is 46.9 Å². The summed E-state index contributed by atoms with van der Waals surface area (Å²) >= 11 is 3.90. The number of fused-ring (bicyclic) bond motifs is 1. The molecule has 6 nitrogen and oxygen atoms in total. The number of hydrogen-bond donors (Lipinski definition) is 1. The third-order valence-electron chi connectivity index (χ3n) is 6.89. The van der Waals surface area contributed by atoms with Gasteiger partial charge in [0.25, 0.3) is 0 Å². The Morgan fingerprint density at radius 1 is 1.09 bits per heavy atom. The van der Waals surface area contributed by atoms with Crippen molar-refractivity contribution in [3.63, 3.8) is 0 Å². The molecule has 2 fully saturated rings. The van der Waals surface area contributed by atoms with Crippen LogP contribution in [0.25, 0.3) is 22.2 Å². The normalized spacial score (nSPS) is 19.2. The van der Waals surface area contributed by atoms with E-state index in [1.807, 2.05) is 6.07 Å². The van der Waals surface area contributed by atoms with Gasteiger partial charge in [-0.25, -0.2) is 8.42 Å². The van der Waals surface area contributed by atoms with Gasteiger partial charge in [-0.15, -0.1) is 0 Å². The molecule has 1 aromatic heterocycles. The lowest BCUT2D eigenvalue weighted by Gasteiger charge is -2.30. The minimum absolute atomic E-state index is 0.209. The topological polar surface area (TPSA) is 63.6 Å². The number of hydrogen-bond acceptors (Lipinski definition) is 5. The molecule has 2 saturated heterocycles. The maximum atomic E-state index is 12.0. The standard InChI is InChI=1S/C25H30BrN3O3S/c1-28-24(19-5-3-2-4-6-19)23(26)21-15-20(29-9-13-33(30,31)14-10-29)16-22(25(21)28)27-17-18-7-11-32-12-8-18/h2-6,15-16,18,27H,7-14,17H2,1H3. The second-order valence-corrected chi connectivity index (χ2v) is 12.1. The number of aromatic nitrogens is 1. The summed E-state index contributed by atoms with van der Waals surface area (Å²) in [5, 5.41) is 4.88. The van der Waals surface area contributed by atoms with Gasteiger partial charge in [-0.05, 0) is 52.4 Å². The zero-order chi connectivity index (χ0) is 23.0. The largest absolute Gasteiger partial charge is 0.383 e. The molecule has 2 aliphatic heterocycles. The highest BCUT2D eigenvalue weighted by atomic mass is 79.9. The Morgan fingerprint density at radius 2 is 1.79 bits per heavy atom. The quantitative estimate of drug-likeness (QED) is 0.517. The lowest BCUT2D eigenvalue weighted by Crippen LogP contribution is -2.40. The fourth-order valence-corrected chi connectivity index (χ4v) is 6.94. The number of anilines is 2. The third-order valence-corrected chi connectivity index (χ3v) is 9.30. The molecule has 0 unspecified atom stereocenters. The molecule has 8 heteroatoms. The number of rotatable bonds is 5. The van der Waals surface area contributed by atoms with E-state index in [1.165, 1.54) is 0 Å². The van der Waals surface area contributed by atoms with Gasteiger partial charge < -0.3 is 19.5 Å². The van der Waals surface area contributed by atoms with Crippen LogP contribution in [0, 0.1) is 5.92 Å². The van der Waals surface area contributed by atoms with Crippen LogP contribution in [0.15, 0.2) is 46.9 Å². The Morgan fingerprint density at radius 3 is 2.48 bits per heavy atom. The van der Waals surface area contributed by atoms with E-state index in [0.29, 0.717) is 19.0 Å². The van der Waals surface area contributed by atoms with Crippen LogP contribution in [0.3, 0.4) is 0 Å². The van der Waals surface area contributed by atoms with Crippen LogP contribution in [-0.2, 0) is 21.6 Å². The van der Waals surface area contributed by atoms with Crippen LogP contribution in [0.2, 0.25) is 0 Å². The third kappa shape index (κ3) is 4.66. The number of halogens is 1. The second-order valence-electron chi connectivity index (χ2n) is 9.05. The number of ether oxygens (including phenoxy) is 1. The molecule has 0 bridgehead atoms. The molecule has 3 aromatic rings. The number of benzene rings is 2. The van der Waals surface area contributed by atoms with Crippen molar-refractivity contribution >= 4 is 48.0 Å². The van der Waals surface area contributed by atoms with Crippen LogP contribution in [0.1, 0.15) is 12.8 Å². The Labute approximate surface area is 204 Å². The first kappa shape index (κ1) is 22.7. The molecular weight excluding hydrogens is 502 g/mol. The molecule has 0 saturated carbocycles. The van der Waals surface area contributed by atoms with Gasteiger partial charge in [0.1, 0.15) is 0 Å². The second kappa shape index (κ2) is 9.31. The molecule has 0 amide bonds. The number of aryl methyl sites for hydroxylation is 1. The zero-order valence-electron chi connectivity index (χ0n) is 18.9. The van der Waals surface area contributed by atoms with Crippen molar-refractivity contribution in [1.82, 2.24) is 4.57 Å². The van der Waals surface area contributed by atoms with Crippen LogP contribution in [-0.4, -0.2) is 57.3 Å². The van der Waals surface area contributed by atoms with Gasteiger partial charge in [-0.2, -0.15) is 0 Å². The number of sulfone groups is 1. The predicted octanol–water partition coefficient (Wildman–Crippen LogP) is 4.68. The van der Waals surface area contributed by atoms with E-state index in [1.54, 1.807) is 0 Å². The Bertz CT molecular complexity index is 1240. The summed E-state index contributed by atoms with van der Waals surface area (Å²) in [5.41, 5.74) is 5.61. The Hall–Kier alpha value is -2.03. The van der Waals surface area contributed by atoms with E-state index >= 15 is 0 Å². The number of nitrogens with one attached hydrogen (secondary N) is 1. The Balaban J connectivity index is 1.58. The minimum atomic E-state index is -2.93. The maximum Gasteiger partial charge on any atom is 0.153 e. The van der Waals surface area contributed by atoms with E-state index in [0.717, 1.165) is 70.6 Å². The molecule has 0 atom stereocenters. The van der Waals surface area contributed by atoms with E-state index in [9.17, 15) is 8.42 Å². The SMILES string of the molecule is Cn1c(-c2ccccc2)c(Br)c2cc(N3CCS(=O)(=O)CC3)cc(NCC3CCOCC3)c21. The first-order valence-electron chi connectivity index (χ1n) is 11.6. The fraction of sp³-hybridized carbons (Fsp3) is 0.440. The fourth-order valence-electron chi connectivity index (χ4n) is 4.94. The van der Waals surface area contributed by atoms with E-state index in [2.05, 4.69) is 74.2 Å². The van der Waals surface area contributed by atoms with Crippen LogP contribution in [0.4, 0.5) is 11.4 Å². The summed E-state index contributed by atoms with van der Waals surface area (Å²) < 4.78 is 32.8. The van der Waals surface area contributed by atoms with Crippen molar-refractivity contribution in [2.75, 3.05) is 54.6 Å². The molecule has 5 rings (SSSR count). The van der Waals surface area contributed by atoms with Crippen molar-refractivity contribution < 1.29 is 13.2 Å². The highest BCUT2D eigenvalue weighted by molar-refractivity contribution is 9.10. The molecule has 0 radical (unpaired) electrons. The van der Waals surface area contributed by atoms with Crippen molar-refractivity contribution in [2.45, 2.75) is 12.8 Å². The number of nitrogens with zero attached hydrogens (tertiary/aromatic N) is 2. The lowest BCUT2D eigenvalue weighted by atomic mass is 10.0. The molecule has 1 N–H and O–H groups in total. The van der Waals surface area contributed by atoms with Crippen molar-refractivity contribution in [3.8, 4) is 11.3 Å². The minimum Gasteiger partial charge on any atom is -0.383 e. The summed E-state index contributed by atoms with van der Waals surface area (Å²) in [4.78, 5) is 2.20. The maximum absolute atomic E-state index is 12.0. The average molecular weight is 533 g/mol. The van der Waals surface area contributed by atoms with E-state index in [4.69, 9.17) is 4.74 Å². The monoisotopic (exact) mass is 531 g/mol. The smallest absolute Gasteiger partial charge is 0.153 e. The highest BCUT2D eigenvalue weighted by Gasteiger charge is 2.25. The summed E-state index contributed by atoms with van der Waals surface area (Å²) in [6.07, 6.45) is 2.15. The van der Waals surface area contributed by atoms with E-state index < -0.39 is 9.84 Å². The summed E-state index contributed by atoms with van der Waals surface area (Å²) in [6.45, 7) is 3.63. The molecular formula is C25H30BrN3O3S. The summed E-state index contributed by atoms with van der Waals surface area (Å²) in [6, 6.07) is 14.8. The van der Waals surface area contributed by atoms with Gasteiger partial charge in [-0.3, -0.25) is 0 Å². The summed E-state index contributed by atoms with van der Waals surface area (Å²) in [5.74, 6) is 1.01. The van der Waals surface area contributed by atoms with Gasteiger partial charge in [0.05, 0.1) is 32.9 Å². The molecule has 3 heterocycles. The van der Waals surface area contributed by atoms with Crippen molar-refractivity contribution in [1.29, 1.82) is 0 Å². The van der Waals surface area contributed by atoms with Crippen LogP contribution >= 0.6 is 15.9 Å². The molecule has 2 aliphatic rings. The average Bonchev–Trinajstić information content (AvgIpc) is 3.08. The van der Waals surface area contributed by atoms with Crippen LogP contribution in [0.5, 0.6) is 0 Å². The molecule has 176 valence electrons. The van der Waals surface area contributed by atoms with Gasteiger partial charge >= 0.3 is 0 Å². The van der Waals surface area contributed by atoms with Gasteiger partial charge in [-0.1, -0.05) is 30.3 Å². The van der Waals surface area contributed by atoms with E-state index in [-0.39, 0.29) is 11.5 Å². The van der Waals surface area contributed by atoms with Gasteiger partial charge in [0.2, 0.25) is 0 Å². The summed E-state index contributed by atoms with van der Waals surface area (Å²) in [7, 11) is -0.817. The first-order chi connectivity index (χ1) is 15.9. The zero-order valence-corrected chi connectivity index (χ0v) is 21.3. The van der Waals surface area contributed by atoms with Crippen molar-refractivity contribution in [2.24, 2.45) is 13.0 Å². The molecule has 0 spiro atoms. The predicted molar refractivity (Wildman–Crippen MR) is 139 cm³/mol. The molecule has 33 heavy (non-hydrogen) atoms. The molecule has 0 aliphatic carbocycles. The van der Waals surface area contributed by atoms with Gasteiger partial charge in [0, 0.05) is 51.0 Å². The van der Waals surface area contributed by atoms with Gasteiger partial charge in [0.15, 0.2) is 9.84 Å². The molecule has 2 aromatic carbocycles. The Kier molecular flexibility index (Phi) is 6.42.